The number of aromatic nitrogens is 2. The third-order valence-electron chi connectivity index (χ3n) is 4.60. The fourth-order valence-electron chi connectivity index (χ4n) is 2.85. The quantitative estimate of drug-likeness (QED) is 0.227. The van der Waals surface area contributed by atoms with E-state index in [2.05, 4.69) is 25.9 Å². The second kappa shape index (κ2) is 9.56. The van der Waals surface area contributed by atoms with Crippen molar-refractivity contribution in [3.05, 3.63) is 71.4 Å². The number of benzene rings is 2. The van der Waals surface area contributed by atoms with Gasteiger partial charge in [0.15, 0.2) is 0 Å². The minimum atomic E-state index is -5.77. The van der Waals surface area contributed by atoms with Crippen LogP contribution in [0.15, 0.2) is 54.7 Å². The summed E-state index contributed by atoms with van der Waals surface area (Å²) in [6.07, 6.45) is -4.35. The predicted molar refractivity (Wildman–Crippen MR) is 116 cm³/mol. The molecule has 0 aliphatic rings. The lowest BCUT2D eigenvalue weighted by molar-refractivity contribution is -0.137. The van der Waals surface area contributed by atoms with E-state index in [0.29, 0.717) is 6.20 Å². The Labute approximate surface area is 194 Å². The number of para-hydroxylation sites is 1. The Kier molecular flexibility index (Phi) is 7.11. The van der Waals surface area contributed by atoms with Crippen molar-refractivity contribution in [2.24, 2.45) is 0 Å². The Morgan fingerprint density at radius 3 is 2.17 bits per heavy atom. The number of alkyl halides is 5. The van der Waals surface area contributed by atoms with Crippen LogP contribution in [0.5, 0.6) is 0 Å². The fourth-order valence-corrected chi connectivity index (χ4v) is 3.33. The Morgan fingerprint density at radius 2 is 1.60 bits per heavy atom. The van der Waals surface area contributed by atoms with Gasteiger partial charge in [0, 0.05) is 24.5 Å². The van der Waals surface area contributed by atoms with Gasteiger partial charge in [0.25, 0.3) is 5.91 Å². The number of halogens is 5. The highest BCUT2D eigenvalue weighted by atomic mass is 31.2. The van der Waals surface area contributed by atoms with E-state index in [1.807, 2.05) is 0 Å². The van der Waals surface area contributed by atoms with Crippen LogP contribution in [0.2, 0.25) is 0 Å². The SMILES string of the molecule is CNC(=O)c1ccccc1Nc1nc(Nc2ccc(C(F)(F)P(=O)(O)O)cc2)ncc1C(F)(F)F. The second-order valence-corrected chi connectivity index (χ2v) is 8.64. The average Bonchev–Trinajstić information content (AvgIpc) is 2.78. The molecule has 186 valence electrons. The molecule has 3 rings (SSSR count). The summed E-state index contributed by atoms with van der Waals surface area (Å²) >= 11 is 0. The highest BCUT2D eigenvalue weighted by molar-refractivity contribution is 7.52. The van der Waals surface area contributed by atoms with Crippen molar-refractivity contribution in [2.75, 3.05) is 17.7 Å². The summed E-state index contributed by atoms with van der Waals surface area (Å²) in [4.78, 5) is 37.1. The maximum atomic E-state index is 13.8. The number of carbonyl (C=O) groups is 1. The average molecular weight is 517 g/mol. The lowest BCUT2D eigenvalue weighted by Crippen LogP contribution is -2.20. The molecule has 0 aliphatic heterocycles. The van der Waals surface area contributed by atoms with Crippen molar-refractivity contribution >= 4 is 36.6 Å². The molecule has 0 fully saturated rings. The van der Waals surface area contributed by atoms with Crippen LogP contribution in [-0.2, 0) is 16.4 Å². The summed E-state index contributed by atoms with van der Waals surface area (Å²) in [5.41, 5.74) is -6.48. The Bertz CT molecular complexity index is 1280. The van der Waals surface area contributed by atoms with Crippen LogP contribution >= 0.6 is 7.60 Å². The van der Waals surface area contributed by atoms with Crippen LogP contribution in [0.25, 0.3) is 0 Å². The zero-order chi connectivity index (χ0) is 26.0. The smallest absolute Gasteiger partial charge is 0.355 e. The normalized spacial score (nSPS) is 12.2. The molecular formula is C20H17F5N5O4P. The first-order chi connectivity index (χ1) is 16.2. The third-order valence-corrected chi connectivity index (χ3v) is 5.59. The molecule has 15 heteroatoms. The molecule has 1 amide bonds. The minimum absolute atomic E-state index is 0.0334. The van der Waals surface area contributed by atoms with E-state index in [-0.39, 0.29) is 22.9 Å². The number of anilines is 4. The summed E-state index contributed by atoms with van der Waals surface area (Å²) < 4.78 is 79.2. The molecule has 1 heterocycles. The van der Waals surface area contributed by atoms with Crippen molar-refractivity contribution in [1.29, 1.82) is 0 Å². The number of hydrogen-bond donors (Lipinski definition) is 5. The molecule has 1 aromatic heterocycles. The number of nitrogens with one attached hydrogen (secondary N) is 3. The zero-order valence-corrected chi connectivity index (χ0v) is 18.5. The van der Waals surface area contributed by atoms with Gasteiger partial charge in [-0.05, 0) is 24.3 Å². The van der Waals surface area contributed by atoms with Crippen LogP contribution in [0, 0.1) is 0 Å². The second-order valence-electron chi connectivity index (χ2n) is 6.99. The van der Waals surface area contributed by atoms with Crippen molar-refractivity contribution < 1.29 is 41.1 Å². The molecule has 0 saturated heterocycles. The van der Waals surface area contributed by atoms with Gasteiger partial charge in [-0.3, -0.25) is 9.36 Å². The molecule has 0 atom stereocenters. The first kappa shape index (κ1) is 26.0. The Hall–Kier alpha value is -3.61. The zero-order valence-electron chi connectivity index (χ0n) is 17.6. The maximum absolute atomic E-state index is 13.8. The highest BCUT2D eigenvalue weighted by Crippen LogP contribution is 2.59. The number of amides is 1. The number of rotatable bonds is 7. The maximum Gasteiger partial charge on any atom is 0.421 e. The molecular weight excluding hydrogens is 500 g/mol. The minimum Gasteiger partial charge on any atom is -0.355 e. The van der Waals surface area contributed by atoms with Gasteiger partial charge in [-0.2, -0.15) is 26.9 Å². The molecule has 3 aromatic rings. The largest absolute Gasteiger partial charge is 0.421 e. The van der Waals surface area contributed by atoms with Crippen molar-refractivity contribution in [3.63, 3.8) is 0 Å². The molecule has 0 aliphatic carbocycles. The molecule has 0 unspecified atom stereocenters. The van der Waals surface area contributed by atoms with Crippen LogP contribution in [0.4, 0.5) is 45.1 Å². The van der Waals surface area contributed by atoms with Crippen LogP contribution in [0.3, 0.4) is 0 Å². The molecule has 9 nitrogen and oxygen atoms in total. The number of carbonyl (C=O) groups excluding carboxylic acids is 1. The van der Waals surface area contributed by atoms with Crippen LogP contribution in [-0.4, -0.2) is 32.7 Å². The van der Waals surface area contributed by atoms with Crippen molar-refractivity contribution in [2.45, 2.75) is 11.8 Å². The Balaban J connectivity index is 1.95. The van der Waals surface area contributed by atoms with E-state index < -0.39 is 42.3 Å². The molecule has 0 saturated carbocycles. The van der Waals surface area contributed by atoms with Gasteiger partial charge in [-0.25, -0.2) is 4.98 Å². The molecule has 0 bridgehead atoms. The van der Waals surface area contributed by atoms with E-state index >= 15 is 0 Å². The highest BCUT2D eigenvalue weighted by Gasteiger charge is 2.50. The summed E-state index contributed by atoms with van der Waals surface area (Å²) in [6.45, 7) is 0. The fraction of sp³-hybridized carbons (Fsp3) is 0.150. The van der Waals surface area contributed by atoms with Gasteiger partial charge in [-0.1, -0.05) is 24.3 Å². The number of hydrogen-bond acceptors (Lipinski definition) is 6. The van der Waals surface area contributed by atoms with Crippen molar-refractivity contribution in [3.8, 4) is 0 Å². The molecule has 5 N–H and O–H groups in total. The summed E-state index contributed by atoms with van der Waals surface area (Å²) in [6, 6.07) is 9.31. The van der Waals surface area contributed by atoms with E-state index in [9.17, 15) is 31.3 Å². The lowest BCUT2D eigenvalue weighted by atomic mass is 10.1. The third kappa shape index (κ3) is 5.73. The van der Waals surface area contributed by atoms with Gasteiger partial charge in [0.2, 0.25) is 5.95 Å². The Morgan fingerprint density at radius 1 is 0.971 bits per heavy atom. The summed E-state index contributed by atoms with van der Waals surface area (Å²) in [7, 11) is -4.41. The first-order valence-corrected chi connectivity index (χ1v) is 11.2. The van der Waals surface area contributed by atoms with E-state index in [4.69, 9.17) is 9.79 Å². The van der Waals surface area contributed by atoms with Crippen LogP contribution in [0.1, 0.15) is 21.5 Å². The molecule has 0 spiro atoms. The van der Waals surface area contributed by atoms with Gasteiger partial charge in [0.1, 0.15) is 11.4 Å². The van der Waals surface area contributed by atoms with Crippen molar-refractivity contribution in [1.82, 2.24) is 15.3 Å². The standard InChI is InChI=1S/C20H17F5N5O4P/c1-26-17(31)13-4-2-3-5-15(13)29-16-14(19(21,22)23)10-27-18(30-16)28-12-8-6-11(7-9-12)20(24,25)35(32,33)34/h2-10H,1H3,(H,26,31)(H2,32,33,34)(H2,27,28,29,30). The molecule has 35 heavy (non-hydrogen) atoms. The van der Waals surface area contributed by atoms with E-state index in [1.165, 1.54) is 31.3 Å². The van der Waals surface area contributed by atoms with E-state index in [0.717, 1.165) is 24.3 Å². The molecule has 2 aromatic carbocycles. The number of nitrogens with zero attached hydrogens (tertiary/aromatic N) is 2. The monoisotopic (exact) mass is 517 g/mol. The molecule has 0 radical (unpaired) electrons. The van der Waals surface area contributed by atoms with Crippen LogP contribution < -0.4 is 16.0 Å². The van der Waals surface area contributed by atoms with Gasteiger partial charge in [0.05, 0.1) is 11.3 Å². The topological polar surface area (TPSA) is 136 Å². The first-order valence-electron chi connectivity index (χ1n) is 9.57. The van der Waals surface area contributed by atoms with E-state index in [1.54, 1.807) is 0 Å². The predicted octanol–water partition coefficient (Wildman–Crippen LogP) is 4.57. The van der Waals surface area contributed by atoms with Gasteiger partial charge < -0.3 is 25.7 Å². The summed E-state index contributed by atoms with van der Waals surface area (Å²) in [5.74, 6) is -1.59. The van der Waals surface area contributed by atoms with Gasteiger partial charge in [-0.15, -0.1) is 0 Å². The summed E-state index contributed by atoms with van der Waals surface area (Å²) in [5, 5.41) is 7.38. The van der Waals surface area contributed by atoms with Gasteiger partial charge >= 0.3 is 19.4 Å². The lowest BCUT2D eigenvalue weighted by Gasteiger charge is -2.18.